The molecule has 0 bridgehead atoms. The van der Waals surface area contributed by atoms with Crippen LogP contribution in [0.15, 0.2) is 42.5 Å². The molecule has 19 heavy (non-hydrogen) atoms. The van der Waals surface area contributed by atoms with Crippen LogP contribution in [0.4, 0.5) is 0 Å². The molecule has 1 N–H and O–H groups in total. The summed E-state index contributed by atoms with van der Waals surface area (Å²) in [6.07, 6.45) is -0.682. The lowest BCUT2D eigenvalue weighted by molar-refractivity contribution is 0.0527. The van der Waals surface area contributed by atoms with E-state index in [-0.39, 0.29) is 5.41 Å². The van der Waals surface area contributed by atoms with Crippen molar-refractivity contribution in [2.45, 2.75) is 32.8 Å². The van der Waals surface area contributed by atoms with Gasteiger partial charge in [0.05, 0.1) is 18.1 Å². The van der Waals surface area contributed by atoms with Gasteiger partial charge in [-0.3, -0.25) is 0 Å². The van der Waals surface area contributed by atoms with Crippen molar-refractivity contribution in [2.24, 2.45) is 5.41 Å². The molecule has 0 radical (unpaired) electrons. The van der Waals surface area contributed by atoms with Gasteiger partial charge in [-0.25, -0.2) is 0 Å². The van der Waals surface area contributed by atoms with Crippen LogP contribution in [0.5, 0.6) is 0 Å². The minimum atomic E-state index is -0.682. The maximum atomic E-state index is 10.3. The third kappa shape index (κ3) is 2.77. The molecule has 0 aromatic heterocycles. The van der Waals surface area contributed by atoms with Crippen LogP contribution < -0.4 is 0 Å². The number of benzene rings is 2. The Kier molecular flexibility index (Phi) is 3.59. The fourth-order valence-electron chi connectivity index (χ4n) is 2.23. The lowest BCUT2D eigenvalue weighted by Crippen LogP contribution is -2.31. The van der Waals surface area contributed by atoms with Gasteiger partial charge in [-0.05, 0) is 27.8 Å². The summed E-state index contributed by atoms with van der Waals surface area (Å²) in [5.41, 5.74) is 0.565. The topological polar surface area (TPSA) is 44.0 Å². The molecule has 0 heterocycles. The summed E-state index contributed by atoms with van der Waals surface area (Å²) in [4.78, 5) is 0. The molecule has 0 aliphatic carbocycles. The number of nitriles is 1. The standard InChI is InChI=1S/C17H19NO/c1-17(2,3)16(19)15(11-18)14-9-8-12-6-4-5-7-13(12)10-14/h4-10,15-16,19H,1-3H3. The number of hydrogen-bond donors (Lipinski definition) is 1. The quantitative estimate of drug-likeness (QED) is 0.883. The van der Waals surface area contributed by atoms with Gasteiger partial charge in [0.25, 0.3) is 0 Å². The van der Waals surface area contributed by atoms with Crippen LogP contribution in [-0.2, 0) is 0 Å². The second-order valence-corrected chi connectivity index (χ2v) is 6.02. The number of nitrogens with zero attached hydrogens (tertiary/aromatic N) is 1. The van der Waals surface area contributed by atoms with E-state index < -0.39 is 12.0 Å². The van der Waals surface area contributed by atoms with E-state index >= 15 is 0 Å². The van der Waals surface area contributed by atoms with E-state index in [0.717, 1.165) is 16.3 Å². The lowest BCUT2D eigenvalue weighted by atomic mass is 9.78. The molecule has 0 amide bonds. The minimum absolute atomic E-state index is 0.313. The van der Waals surface area contributed by atoms with Crippen LogP contribution >= 0.6 is 0 Å². The first-order valence-electron chi connectivity index (χ1n) is 6.50. The van der Waals surface area contributed by atoms with E-state index in [9.17, 15) is 10.4 Å². The molecule has 98 valence electrons. The fraction of sp³-hybridized carbons (Fsp3) is 0.353. The van der Waals surface area contributed by atoms with Crippen molar-refractivity contribution in [1.82, 2.24) is 0 Å². The molecule has 2 nitrogen and oxygen atoms in total. The Morgan fingerprint density at radius 3 is 2.26 bits per heavy atom. The van der Waals surface area contributed by atoms with Crippen molar-refractivity contribution in [1.29, 1.82) is 5.26 Å². The SMILES string of the molecule is CC(C)(C)C(O)C(C#N)c1ccc2ccccc2c1. The third-order valence-electron chi connectivity index (χ3n) is 3.47. The normalized spacial score (nSPS) is 14.9. The zero-order valence-corrected chi connectivity index (χ0v) is 11.6. The largest absolute Gasteiger partial charge is 0.391 e. The summed E-state index contributed by atoms with van der Waals surface area (Å²) in [6, 6.07) is 16.2. The summed E-state index contributed by atoms with van der Waals surface area (Å²) in [5.74, 6) is -0.496. The number of rotatable bonds is 2. The molecule has 2 aromatic rings. The average Bonchev–Trinajstić information content (AvgIpc) is 2.38. The zero-order valence-electron chi connectivity index (χ0n) is 11.6. The zero-order chi connectivity index (χ0) is 14.0. The Morgan fingerprint density at radius 2 is 1.68 bits per heavy atom. The van der Waals surface area contributed by atoms with Gasteiger partial charge in [0.15, 0.2) is 0 Å². The molecule has 2 unspecified atom stereocenters. The molecule has 2 heteroatoms. The second-order valence-electron chi connectivity index (χ2n) is 6.02. The van der Waals surface area contributed by atoms with Gasteiger partial charge in [-0.2, -0.15) is 5.26 Å². The number of aliphatic hydroxyl groups excluding tert-OH is 1. The van der Waals surface area contributed by atoms with Crippen molar-refractivity contribution < 1.29 is 5.11 Å². The summed E-state index contributed by atoms with van der Waals surface area (Å²) in [6.45, 7) is 5.84. The van der Waals surface area contributed by atoms with Crippen LogP contribution in [0.2, 0.25) is 0 Å². The van der Waals surface area contributed by atoms with E-state index in [1.165, 1.54) is 0 Å². The molecule has 0 aliphatic heterocycles. The lowest BCUT2D eigenvalue weighted by Gasteiger charge is -2.29. The van der Waals surface area contributed by atoms with E-state index in [1.54, 1.807) is 0 Å². The molecule has 2 aromatic carbocycles. The minimum Gasteiger partial charge on any atom is -0.391 e. The molecular formula is C17H19NO. The van der Waals surface area contributed by atoms with Crippen molar-refractivity contribution >= 4 is 10.8 Å². The van der Waals surface area contributed by atoms with Crippen molar-refractivity contribution in [2.75, 3.05) is 0 Å². The van der Waals surface area contributed by atoms with Gasteiger partial charge >= 0.3 is 0 Å². The predicted molar refractivity (Wildman–Crippen MR) is 77.8 cm³/mol. The van der Waals surface area contributed by atoms with Crippen molar-refractivity contribution in [3.63, 3.8) is 0 Å². The monoisotopic (exact) mass is 253 g/mol. The third-order valence-corrected chi connectivity index (χ3v) is 3.47. The maximum absolute atomic E-state index is 10.3. The maximum Gasteiger partial charge on any atom is 0.0977 e. The average molecular weight is 253 g/mol. The number of aliphatic hydroxyl groups is 1. The number of fused-ring (bicyclic) bond motifs is 1. The Balaban J connectivity index is 2.45. The summed E-state index contributed by atoms with van der Waals surface area (Å²) >= 11 is 0. The highest BCUT2D eigenvalue weighted by Gasteiger charge is 2.31. The Morgan fingerprint density at radius 1 is 1.05 bits per heavy atom. The summed E-state index contributed by atoms with van der Waals surface area (Å²) in [5, 5.41) is 22.0. The smallest absolute Gasteiger partial charge is 0.0977 e. The molecular weight excluding hydrogens is 234 g/mol. The molecule has 0 aliphatic rings. The highest BCUT2D eigenvalue weighted by Crippen LogP contribution is 2.32. The van der Waals surface area contributed by atoms with Crippen LogP contribution in [0.25, 0.3) is 10.8 Å². The van der Waals surface area contributed by atoms with Crippen LogP contribution in [0, 0.1) is 16.7 Å². The fourth-order valence-corrected chi connectivity index (χ4v) is 2.23. The van der Waals surface area contributed by atoms with Gasteiger partial charge in [-0.1, -0.05) is 57.2 Å². The number of hydrogen-bond acceptors (Lipinski definition) is 2. The highest BCUT2D eigenvalue weighted by molar-refractivity contribution is 5.83. The molecule has 0 fully saturated rings. The Bertz CT molecular complexity index is 619. The first-order valence-corrected chi connectivity index (χ1v) is 6.50. The predicted octanol–water partition coefficient (Wildman–Crippen LogP) is 3.85. The molecule has 0 spiro atoms. The van der Waals surface area contributed by atoms with Gasteiger partial charge in [0, 0.05) is 0 Å². The van der Waals surface area contributed by atoms with E-state index in [1.807, 2.05) is 63.2 Å². The first kappa shape index (κ1) is 13.6. The molecule has 2 atom stereocenters. The van der Waals surface area contributed by atoms with Gasteiger partial charge in [-0.15, -0.1) is 0 Å². The Labute approximate surface area is 114 Å². The van der Waals surface area contributed by atoms with Crippen LogP contribution in [-0.4, -0.2) is 11.2 Å². The molecule has 0 saturated heterocycles. The van der Waals surface area contributed by atoms with Gasteiger partial charge in [0.1, 0.15) is 0 Å². The highest BCUT2D eigenvalue weighted by atomic mass is 16.3. The van der Waals surface area contributed by atoms with Gasteiger partial charge in [0.2, 0.25) is 0 Å². The van der Waals surface area contributed by atoms with E-state index in [2.05, 4.69) is 6.07 Å². The van der Waals surface area contributed by atoms with Crippen molar-refractivity contribution in [3.05, 3.63) is 48.0 Å². The van der Waals surface area contributed by atoms with Crippen molar-refractivity contribution in [3.8, 4) is 6.07 Å². The van der Waals surface area contributed by atoms with Crippen LogP contribution in [0.3, 0.4) is 0 Å². The van der Waals surface area contributed by atoms with E-state index in [0.29, 0.717) is 0 Å². The van der Waals surface area contributed by atoms with E-state index in [4.69, 9.17) is 0 Å². The molecule has 0 saturated carbocycles. The van der Waals surface area contributed by atoms with Crippen LogP contribution in [0.1, 0.15) is 32.3 Å². The summed E-state index contributed by atoms with van der Waals surface area (Å²) in [7, 11) is 0. The van der Waals surface area contributed by atoms with Gasteiger partial charge < -0.3 is 5.11 Å². The second kappa shape index (κ2) is 5.03. The first-order chi connectivity index (χ1) is 8.93. The summed E-state index contributed by atoms with van der Waals surface area (Å²) < 4.78 is 0. The Hall–Kier alpha value is -1.85. The molecule has 2 rings (SSSR count).